The molecule has 1 unspecified atom stereocenters. The summed E-state index contributed by atoms with van der Waals surface area (Å²) in [4.78, 5) is 13.5. The van der Waals surface area contributed by atoms with Crippen molar-refractivity contribution in [2.45, 2.75) is 44.7 Å². The Morgan fingerprint density at radius 2 is 2.29 bits per heavy atom. The zero-order valence-electron chi connectivity index (χ0n) is 8.78. The number of nitrogens with two attached hydrogens (primary N) is 1. The van der Waals surface area contributed by atoms with Gasteiger partial charge in [0.1, 0.15) is 0 Å². The van der Waals surface area contributed by atoms with Crippen LogP contribution in [0.2, 0.25) is 0 Å². The van der Waals surface area contributed by atoms with Gasteiger partial charge in [-0.05, 0) is 26.2 Å². The van der Waals surface area contributed by atoms with Gasteiger partial charge in [-0.1, -0.05) is 0 Å². The Morgan fingerprint density at radius 1 is 1.64 bits per heavy atom. The van der Waals surface area contributed by atoms with E-state index in [1.165, 1.54) is 0 Å². The van der Waals surface area contributed by atoms with E-state index in [-0.39, 0.29) is 18.6 Å². The lowest BCUT2D eigenvalue weighted by molar-refractivity contribution is -0.132. The highest BCUT2D eigenvalue weighted by molar-refractivity contribution is 5.76. The maximum atomic E-state index is 11.7. The second-order valence-corrected chi connectivity index (χ2v) is 4.06. The highest BCUT2D eigenvalue weighted by Crippen LogP contribution is 2.27. The minimum absolute atomic E-state index is 0.0560. The maximum Gasteiger partial charge on any atom is 0.222 e. The Labute approximate surface area is 85.1 Å². The van der Waals surface area contributed by atoms with Crippen LogP contribution in [-0.2, 0) is 4.79 Å². The molecule has 0 saturated heterocycles. The molecule has 1 amide bonds. The largest absolute Gasteiger partial charge is 0.395 e. The first kappa shape index (κ1) is 11.5. The molecule has 14 heavy (non-hydrogen) atoms. The van der Waals surface area contributed by atoms with Crippen molar-refractivity contribution in [1.29, 1.82) is 0 Å². The van der Waals surface area contributed by atoms with Crippen molar-refractivity contribution in [2.75, 3.05) is 13.2 Å². The summed E-state index contributed by atoms with van der Waals surface area (Å²) in [5.41, 5.74) is 5.59. The van der Waals surface area contributed by atoms with Gasteiger partial charge in [0, 0.05) is 25.0 Å². The van der Waals surface area contributed by atoms with E-state index in [0.29, 0.717) is 19.0 Å². The quantitative estimate of drug-likeness (QED) is 0.639. The maximum absolute atomic E-state index is 11.7. The van der Waals surface area contributed by atoms with Crippen LogP contribution in [0.1, 0.15) is 32.6 Å². The molecule has 1 aliphatic carbocycles. The van der Waals surface area contributed by atoms with Crippen LogP contribution in [0.5, 0.6) is 0 Å². The van der Waals surface area contributed by atoms with Gasteiger partial charge in [-0.15, -0.1) is 0 Å². The van der Waals surface area contributed by atoms with E-state index in [1.54, 1.807) is 4.90 Å². The van der Waals surface area contributed by atoms with Crippen LogP contribution in [0.4, 0.5) is 0 Å². The standard InChI is InChI=1S/C10H20N2O2/c1-8(11)2-5-10(14)12(6-7-13)9-3-4-9/h8-9,13H,2-7,11H2,1H3. The third-order valence-electron chi connectivity index (χ3n) is 2.46. The Morgan fingerprint density at radius 3 is 2.71 bits per heavy atom. The summed E-state index contributed by atoms with van der Waals surface area (Å²) < 4.78 is 0. The summed E-state index contributed by atoms with van der Waals surface area (Å²) in [7, 11) is 0. The molecule has 1 aliphatic rings. The summed E-state index contributed by atoms with van der Waals surface area (Å²) in [6.45, 7) is 2.43. The van der Waals surface area contributed by atoms with Crippen molar-refractivity contribution in [3.8, 4) is 0 Å². The molecule has 4 heteroatoms. The number of amides is 1. The minimum Gasteiger partial charge on any atom is -0.395 e. The fourth-order valence-electron chi connectivity index (χ4n) is 1.50. The predicted molar refractivity (Wildman–Crippen MR) is 54.7 cm³/mol. The van der Waals surface area contributed by atoms with Gasteiger partial charge in [0.15, 0.2) is 0 Å². The second kappa shape index (κ2) is 5.32. The molecule has 0 heterocycles. The summed E-state index contributed by atoms with van der Waals surface area (Å²) in [5.74, 6) is 0.138. The van der Waals surface area contributed by atoms with E-state index in [2.05, 4.69) is 0 Å². The fraction of sp³-hybridized carbons (Fsp3) is 0.900. The minimum atomic E-state index is 0.0560. The highest BCUT2D eigenvalue weighted by Gasteiger charge is 2.31. The first-order chi connectivity index (χ1) is 6.65. The first-order valence-corrected chi connectivity index (χ1v) is 5.31. The summed E-state index contributed by atoms with van der Waals surface area (Å²) in [6.07, 6.45) is 3.41. The molecule has 82 valence electrons. The van der Waals surface area contributed by atoms with Crippen LogP contribution in [0.3, 0.4) is 0 Å². The van der Waals surface area contributed by atoms with E-state index in [4.69, 9.17) is 10.8 Å². The van der Waals surface area contributed by atoms with Crippen LogP contribution < -0.4 is 5.73 Å². The average Bonchev–Trinajstić information content (AvgIpc) is 2.93. The van der Waals surface area contributed by atoms with Gasteiger partial charge in [-0.25, -0.2) is 0 Å². The van der Waals surface area contributed by atoms with Crippen molar-refractivity contribution in [1.82, 2.24) is 4.90 Å². The molecule has 3 N–H and O–H groups in total. The Balaban J connectivity index is 2.30. The summed E-state index contributed by atoms with van der Waals surface area (Å²) in [6, 6.07) is 0.469. The van der Waals surface area contributed by atoms with Gasteiger partial charge < -0.3 is 15.7 Å². The number of rotatable bonds is 6. The molecule has 0 aromatic carbocycles. The van der Waals surface area contributed by atoms with Gasteiger partial charge in [-0.2, -0.15) is 0 Å². The number of hydrogen-bond donors (Lipinski definition) is 2. The molecule has 0 aromatic heterocycles. The first-order valence-electron chi connectivity index (χ1n) is 5.31. The van der Waals surface area contributed by atoms with Crippen molar-refractivity contribution in [3.63, 3.8) is 0 Å². The molecule has 0 radical (unpaired) electrons. The summed E-state index contributed by atoms with van der Waals surface area (Å²) in [5, 5.41) is 8.82. The van der Waals surface area contributed by atoms with E-state index in [9.17, 15) is 4.79 Å². The molecule has 4 nitrogen and oxygen atoms in total. The molecule has 1 saturated carbocycles. The number of carbonyl (C=O) groups excluding carboxylic acids is 1. The Bertz CT molecular complexity index is 191. The van der Waals surface area contributed by atoms with Crippen LogP contribution in [-0.4, -0.2) is 41.1 Å². The van der Waals surface area contributed by atoms with E-state index in [1.807, 2.05) is 6.92 Å². The molecule has 1 fully saturated rings. The third kappa shape index (κ3) is 3.64. The Kier molecular flexibility index (Phi) is 4.35. The lowest BCUT2D eigenvalue weighted by Gasteiger charge is -2.21. The molecule has 1 atom stereocenters. The molecule has 0 aromatic rings. The monoisotopic (exact) mass is 200 g/mol. The van der Waals surface area contributed by atoms with Gasteiger partial charge in [0.2, 0.25) is 5.91 Å². The zero-order valence-corrected chi connectivity index (χ0v) is 8.78. The number of nitrogens with zero attached hydrogens (tertiary/aromatic N) is 1. The molecule has 0 aliphatic heterocycles. The average molecular weight is 200 g/mol. The number of aliphatic hydroxyl groups excluding tert-OH is 1. The lowest BCUT2D eigenvalue weighted by atomic mass is 10.2. The Hall–Kier alpha value is -0.610. The van der Waals surface area contributed by atoms with Gasteiger partial charge >= 0.3 is 0 Å². The van der Waals surface area contributed by atoms with E-state index >= 15 is 0 Å². The molecule has 0 spiro atoms. The SMILES string of the molecule is CC(N)CCC(=O)N(CCO)C1CC1. The van der Waals surface area contributed by atoms with Crippen LogP contribution in [0, 0.1) is 0 Å². The number of aliphatic hydroxyl groups is 1. The van der Waals surface area contributed by atoms with Crippen LogP contribution in [0.25, 0.3) is 0 Å². The highest BCUT2D eigenvalue weighted by atomic mass is 16.3. The number of hydrogen-bond acceptors (Lipinski definition) is 3. The molecule has 1 rings (SSSR count). The predicted octanol–water partition coefficient (Wildman–Crippen LogP) is 0.0971. The molecular weight excluding hydrogens is 180 g/mol. The van der Waals surface area contributed by atoms with E-state index in [0.717, 1.165) is 19.3 Å². The van der Waals surface area contributed by atoms with Crippen molar-refractivity contribution < 1.29 is 9.90 Å². The van der Waals surface area contributed by atoms with E-state index < -0.39 is 0 Å². The zero-order chi connectivity index (χ0) is 10.6. The van der Waals surface area contributed by atoms with Gasteiger partial charge in [0.25, 0.3) is 0 Å². The van der Waals surface area contributed by atoms with Gasteiger partial charge in [-0.3, -0.25) is 4.79 Å². The van der Waals surface area contributed by atoms with Crippen molar-refractivity contribution >= 4 is 5.91 Å². The summed E-state index contributed by atoms with van der Waals surface area (Å²) >= 11 is 0. The van der Waals surface area contributed by atoms with Crippen molar-refractivity contribution in [3.05, 3.63) is 0 Å². The normalized spacial score (nSPS) is 17.9. The van der Waals surface area contributed by atoms with Crippen molar-refractivity contribution in [2.24, 2.45) is 5.73 Å². The lowest BCUT2D eigenvalue weighted by Crippen LogP contribution is -2.36. The topological polar surface area (TPSA) is 66.6 Å². The van der Waals surface area contributed by atoms with Crippen LogP contribution >= 0.6 is 0 Å². The fourth-order valence-corrected chi connectivity index (χ4v) is 1.50. The van der Waals surface area contributed by atoms with Gasteiger partial charge in [0.05, 0.1) is 6.61 Å². The third-order valence-corrected chi connectivity index (χ3v) is 2.46. The second-order valence-electron chi connectivity index (χ2n) is 4.06. The number of carbonyl (C=O) groups is 1. The molecular formula is C10H20N2O2. The van der Waals surface area contributed by atoms with Crippen LogP contribution in [0.15, 0.2) is 0 Å². The molecule has 0 bridgehead atoms. The smallest absolute Gasteiger partial charge is 0.222 e.